The van der Waals surface area contributed by atoms with E-state index in [4.69, 9.17) is 5.26 Å². The van der Waals surface area contributed by atoms with Gasteiger partial charge in [-0.1, -0.05) is 0 Å². The summed E-state index contributed by atoms with van der Waals surface area (Å²) in [5.74, 6) is 0. The zero-order valence-electron chi connectivity index (χ0n) is 6.97. The minimum Gasteiger partial charge on any atom is -0.375 e. The molecule has 0 saturated carbocycles. The molecule has 0 unspecified atom stereocenters. The summed E-state index contributed by atoms with van der Waals surface area (Å²) in [4.78, 5) is 3.62. The lowest BCUT2D eigenvalue weighted by Crippen LogP contribution is -2.21. The van der Waals surface area contributed by atoms with Gasteiger partial charge in [-0.15, -0.1) is 0 Å². The molecule has 0 aliphatic carbocycles. The van der Waals surface area contributed by atoms with E-state index in [9.17, 15) is 13.2 Å². The third kappa shape index (κ3) is 2.94. The maximum Gasteiger partial charge on any atom is 0.405 e. The largest absolute Gasteiger partial charge is 0.405 e. The number of aromatic nitrogens is 1. The number of halogens is 3. The van der Waals surface area contributed by atoms with E-state index in [2.05, 4.69) is 10.3 Å². The van der Waals surface area contributed by atoms with E-state index in [0.29, 0.717) is 0 Å². The van der Waals surface area contributed by atoms with Crippen LogP contribution in [-0.4, -0.2) is 17.7 Å². The maximum atomic E-state index is 11.8. The standard InChI is InChI=1S/C8H6F3N3/c9-8(10,11)5-14-7-1-2-13-4-6(7)3-12/h1-2,4H,5H2,(H,13,14). The van der Waals surface area contributed by atoms with E-state index >= 15 is 0 Å². The van der Waals surface area contributed by atoms with Crippen molar-refractivity contribution in [2.24, 2.45) is 0 Å². The minimum atomic E-state index is -4.30. The van der Waals surface area contributed by atoms with Gasteiger partial charge in [0.15, 0.2) is 0 Å². The van der Waals surface area contributed by atoms with E-state index in [1.165, 1.54) is 18.5 Å². The lowest BCUT2D eigenvalue weighted by atomic mass is 10.2. The average molecular weight is 201 g/mol. The fourth-order valence-electron chi connectivity index (χ4n) is 0.833. The molecule has 0 amide bonds. The van der Waals surface area contributed by atoms with Crippen LogP contribution in [0.5, 0.6) is 0 Å². The summed E-state index contributed by atoms with van der Waals surface area (Å²) < 4.78 is 35.4. The van der Waals surface area contributed by atoms with Crippen molar-refractivity contribution in [2.45, 2.75) is 6.18 Å². The molecule has 1 aromatic heterocycles. The Labute approximate surface area is 78.2 Å². The molecule has 6 heteroatoms. The van der Waals surface area contributed by atoms with Crippen LogP contribution >= 0.6 is 0 Å². The van der Waals surface area contributed by atoms with Crippen molar-refractivity contribution >= 4 is 5.69 Å². The maximum absolute atomic E-state index is 11.8. The molecule has 1 aromatic rings. The van der Waals surface area contributed by atoms with Crippen LogP contribution in [-0.2, 0) is 0 Å². The molecule has 0 aliphatic heterocycles. The third-order valence-corrected chi connectivity index (χ3v) is 1.42. The van der Waals surface area contributed by atoms with Gasteiger partial charge in [0, 0.05) is 12.4 Å². The van der Waals surface area contributed by atoms with E-state index in [0.717, 1.165) is 0 Å². The molecule has 0 aromatic carbocycles. The molecule has 1 N–H and O–H groups in total. The monoisotopic (exact) mass is 201 g/mol. The second-order valence-electron chi connectivity index (χ2n) is 2.50. The van der Waals surface area contributed by atoms with Gasteiger partial charge in [0.1, 0.15) is 12.6 Å². The SMILES string of the molecule is N#Cc1cnccc1NCC(F)(F)F. The van der Waals surface area contributed by atoms with Crippen LogP contribution in [0.4, 0.5) is 18.9 Å². The number of nitriles is 1. The molecule has 0 radical (unpaired) electrons. The second kappa shape index (κ2) is 3.96. The van der Waals surface area contributed by atoms with Gasteiger partial charge in [0.25, 0.3) is 0 Å². The Bertz CT molecular complexity index is 354. The number of anilines is 1. The van der Waals surface area contributed by atoms with E-state index < -0.39 is 12.7 Å². The summed E-state index contributed by atoms with van der Waals surface area (Å²) in [5, 5.41) is 10.7. The molecule has 14 heavy (non-hydrogen) atoms. The van der Waals surface area contributed by atoms with Crippen molar-refractivity contribution in [1.29, 1.82) is 5.26 Å². The van der Waals surface area contributed by atoms with Gasteiger partial charge in [-0.05, 0) is 6.07 Å². The van der Waals surface area contributed by atoms with Crippen molar-refractivity contribution in [3.05, 3.63) is 24.0 Å². The molecular weight excluding hydrogens is 195 g/mol. The lowest BCUT2D eigenvalue weighted by molar-refractivity contribution is -0.115. The lowest BCUT2D eigenvalue weighted by Gasteiger charge is -2.09. The second-order valence-corrected chi connectivity index (χ2v) is 2.50. The van der Waals surface area contributed by atoms with E-state index in [1.807, 2.05) is 0 Å². The number of hydrogen-bond acceptors (Lipinski definition) is 3. The van der Waals surface area contributed by atoms with Gasteiger partial charge in [-0.25, -0.2) is 0 Å². The summed E-state index contributed by atoms with van der Waals surface area (Å²) >= 11 is 0. The van der Waals surface area contributed by atoms with Gasteiger partial charge in [0.2, 0.25) is 0 Å². The van der Waals surface area contributed by atoms with Crippen LogP contribution in [0.15, 0.2) is 18.5 Å². The van der Waals surface area contributed by atoms with Gasteiger partial charge >= 0.3 is 6.18 Å². The molecule has 1 rings (SSSR count). The molecule has 1 heterocycles. The molecule has 74 valence electrons. The third-order valence-electron chi connectivity index (χ3n) is 1.42. The van der Waals surface area contributed by atoms with Crippen LogP contribution in [0, 0.1) is 11.3 Å². The van der Waals surface area contributed by atoms with Crippen LogP contribution in [0.2, 0.25) is 0 Å². The highest BCUT2D eigenvalue weighted by atomic mass is 19.4. The Kier molecular flexibility index (Phi) is 2.92. The van der Waals surface area contributed by atoms with Crippen molar-refractivity contribution in [3.63, 3.8) is 0 Å². The number of pyridine rings is 1. The van der Waals surface area contributed by atoms with Crippen LogP contribution < -0.4 is 5.32 Å². The molecule has 0 bridgehead atoms. The molecule has 0 saturated heterocycles. The smallest absolute Gasteiger partial charge is 0.375 e. The number of alkyl halides is 3. The van der Waals surface area contributed by atoms with Crippen LogP contribution in [0.3, 0.4) is 0 Å². The van der Waals surface area contributed by atoms with Crippen molar-refractivity contribution < 1.29 is 13.2 Å². The van der Waals surface area contributed by atoms with Crippen molar-refractivity contribution in [1.82, 2.24) is 4.98 Å². The fourth-order valence-corrected chi connectivity index (χ4v) is 0.833. The fraction of sp³-hybridized carbons (Fsp3) is 0.250. The predicted molar refractivity (Wildman–Crippen MR) is 43.5 cm³/mol. The Morgan fingerprint density at radius 1 is 1.50 bits per heavy atom. The van der Waals surface area contributed by atoms with Gasteiger partial charge in [-0.3, -0.25) is 4.98 Å². The van der Waals surface area contributed by atoms with E-state index in [-0.39, 0.29) is 11.3 Å². The predicted octanol–water partition coefficient (Wildman–Crippen LogP) is 1.93. The van der Waals surface area contributed by atoms with E-state index in [1.54, 1.807) is 6.07 Å². The number of nitrogens with zero attached hydrogens (tertiary/aromatic N) is 2. The quantitative estimate of drug-likeness (QED) is 0.795. The number of rotatable bonds is 2. The number of nitrogens with one attached hydrogen (secondary N) is 1. The molecule has 0 aliphatic rings. The summed E-state index contributed by atoms with van der Waals surface area (Å²) in [6.07, 6.45) is -1.77. The Balaban J connectivity index is 2.73. The topological polar surface area (TPSA) is 48.7 Å². The molecule has 3 nitrogen and oxygen atoms in total. The van der Waals surface area contributed by atoms with Crippen LogP contribution in [0.1, 0.15) is 5.56 Å². The highest BCUT2D eigenvalue weighted by Crippen LogP contribution is 2.18. The summed E-state index contributed by atoms with van der Waals surface area (Å²) in [7, 11) is 0. The Hall–Kier alpha value is -1.77. The first-order valence-electron chi connectivity index (χ1n) is 3.67. The normalized spacial score (nSPS) is 10.7. The summed E-state index contributed by atoms with van der Waals surface area (Å²) in [6.45, 7) is -1.16. The van der Waals surface area contributed by atoms with Gasteiger partial charge < -0.3 is 5.32 Å². The van der Waals surface area contributed by atoms with Gasteiger partial charge in [0.05, 0.1) is 11.3 Å². The summed E-state index contributed by atoms with van der Waals surface area (Å²) in [5.41, 5.74) is 0.233. The first-order chi connectivity index (χ1) is 6.53. The zero-order valence-corrected chi connectivity index (χ0v) is 6.97. The zero-order chi connectivity index (χ0) is 10.6. The van der Waals surface area contributed by atoms with Crippen molar-refractivity contribution in [2.75, 3.05) is 11.9 Å². The summed E-state index contributed by atoms with van der Waals surface area (Å²) in [6, 6.07) is 3.06. The highest BCUT2D eigenvalue weighted by Gasteiger charge is 2.26. The Morgan fingerprint density at radius 3 is 2.79 bits per heavy atom. The first-order valence-corrected chi connectivity index (χ1v) is 3.67. The minimum absolute atomic E-state index is 0.0942. The van der Waals surface area contributed by atoms with Crippen LogP contribution in [0.25, 0.3) is 0 Å². The molecule has 0 atom stereocenters. The average Bonchev–Trinajstić information content (AvgIpc) is 2.14. The molecular formula is C8H6F3N3. The number of hydrogen-bond donors (Lipinski definition) is 1. The highest BCUT2D eigenvalue weighted by molar-refractivity contribution is 5.55. The first kappa shape index (κ1) is 10.3. The van der Waals surface area contributed by atoms with Gasteiger partial charge in [-0.2, -0.15) is 18.4 Å². The molecule has 0 spiro atoms. The Morgan fingerprint density at radius 2 is 2.21 bits per heavy atom. The van der Waals surface area contributed by atoms with Crippen molar-refractivity contribution in [3.8, 4) is 6.07 Å². The molecule has 0 fully saturated rings.